The van der Waals surface area contributed by atoms with E-state index in [2.05, 4.69) is 15.3 Å². The Morgan fingerprint density at radius 3 is 2.86 bits per heavy atom. The van der Waals surface area contributed by atoms with Crippen LogP contribution >= 0.6 is 0 Å². The largest absolute Gasteiger partial charge is 0.497 e. The predicted octanol–water partition coefficient (Wildman–Crippen LogP) is 1.12. The lowest BCUT2D eigenvalue weighted by Crippen LogP contribution is -2.45. The van der Waals surface area contributed by atoms with Crippen molar-refractivity contribution in [2.75, 3.05) is 14.2 Å². The molecule has 3 N–H and O–H groups in total. The molecule has 7 heteroatoms. The molecule has 2 aromatic rings. The molecule has 0 radical (unpaired) electrons. The van der Waals surface area contributed by atoms with E-state index in [4.69, 9.17) is 9.47 Å². The Balaban J connectivity index is 2.05. The van der Waals surface area contributed by atoms with Crippen LogP contribution in [0, 0.1) is 0 Å². The van der Waals surface area contributed by atoms with Gasteiger partial charge in [0, 0.05) is 23.7 Å². The molecule has 116 valence electrons. The van der Waals surface area contributed by atoms with E-state index in [0.717, 1.165) is 17.0 Å². The minimum Gasteiger partial charge on any atom is -0.497 e. The van der Waals surface area contributed by atoms with Crippen LogP contribution in [0.5, 0.6) is 11.5 Å². The average molecular weight is 303 g/mol. The fourth-order valence-electron chi connectivity index (χ4n) is 2.74. The molecule has 3 rings (SSSR count). The van der Waals surface area contributed by atoms with Gasteiger partial charge in [0.2, 0.25) is 0 Å². The number of imidazole rings is 1. The van der Waals surface area contributed by atoms with E-state index >= 15 is 0 Å². The van der Waals surface area contributed by atoms with Gasteiger partial charge >= 0.3 is 5.97 Å². The Morgan fingerprint density at radius 2 is 2.18 bits per heavy atom. The fraction of sp³-hybridized carbons (Fsp3) is 0.333. The number of nitrogens with one attached hydrogen (secondary N) is 2. The number of benzene rings is 1. The Hall–Kier alpha value is -2.54. The van der Waals surface area contributed by atoms with Crippen molar-refractivity contribution < 1.29 is 19.4 Å². The first-order chi connectivity index (χ1) is 10.6. The normalized spacial score (nSPS) is 20.3. The highest BCUT2D eigenvalue weighted by atomic mass is 16.5. The maximum Gasteiger partial charge on any atom is 0.321 e. The van der Waals surface area contributed by atoms with Gasteiger partial charge in [-0.25, -0.2) is 4.98 Å². The minimum atomic E-state index is -0.891. The summed E-state index contributed by atoms with van der Waals surface area (Å²) in [6, 6.07) is 4.42. The van der Waals surface area contributed by atoms with Crippen LogP contribution in [0.1, 0.15) is 23.0 Å². The molecular formula is C15H17N3O4. The SMILES string of the molecule is COc1ccc([C@H]2N[C@H](C(=O)O)Cc3[nH]cnc32)c(OC)c1. The second kappa shape index (κ2) is 5.69. The molecular weight excluding hydrogens is 286 g/mol. The summed E-state index contributed by atoms with van der Waals surface area (Å²) in [5, 5.41) is 12.4. The van der Waals surface area contributed by atoms with Gasteiger partial charge in [-0.3, -0.25) is 10.1 Å². The zero-order chi connectivity index (χ0) is 15.7. The Bertz CT molecular complexity index is 698. The zero-order valence-corrected chi connectivity index (χ0v) is 12.3. The number of ether oxygens (including phenoxy) is 2. The third kappa shape index (κ3) is 2.39. The van der Waals surface area contributed by atoms with Crippen molar-refractivity contribution in [3.63, 3.8) is 0 Å². The van der Waals surface area contributed by atoms with Crippen LogP contribution in [0.25, 0.3) is 0 Å². The minimum absolute atomic E-state index is 0.350. The van der Waals surface area contributed by atoms with Gasteiger partial charge in [0.15, 0.2) is 0 Å². The maximum absolute atomic E-state index is 11.4. The summed E-state index contributed by atoms with van der Waals surface area (Å²) in [7, 11) is 3.15. The van der Waals surface area contributed by atoms with Crippen LogP contribution in [0.4, 0.5) is 0 Å². The van der Waals surface area contributed by atoms with E-state index in [1.54, 1.807) is 26.6 Å². The van der Waals surface area contributed by atoms with Gasteiger partial charge in [-0.05, 0) is 12.1 Å². The number of rotatable bonds is 4. The van der Waals surface area contributed by atoms with E-state index in [-0.39, 0.29) is 6.04 Å². The molecule has 0 unspecified atom stereocenters. The smallest absolute Gasteiger partial charge is 0.321 e. The van der Waals surface area contributed by atoms with E-state index in [0.29, 0.717) is 17.9 Å². The number of hydrogen-bond donors (Lipinski definition) is 3. The summed E-state index contributed by atoms with van der Waals surface area (Å²) in [6.45, 7) is 0. The number of H-pyrrole nitrogens is 1. The molecule has 0 aliphatic carbocycles. The van der Waals surface area contributed by atoms with Crippen molar-refractivity contribution >= 4 is 5.97 Å². The van der Waals surface area contributed by atoms with Crippen LogP contribution in [-0.4, -0.2) is 41.3 Å². The van der Waals surface area contributed by atoms with Crippen molar-refractivity contribution in [1.82, 2.24) is 15.3 Å². The van der Waals surface area contributed by atoms with E-state index in [1.807, 2.05) is 12.1 Å². The molecule has 0 spiro atoms. The maximum atomic E-state index is 11.4. The number of aromatic nitrogens is 2. The topological polar surface area (TPSA) is 96.5 Å². The van der Waals surface area contributed by atoms with Crippen molar-refractivity contribution in [2.45, 2.75) is 18.5 Å². The van der Waals surface area contributed by atoms with Crippen molar-refractivity contribution in [1.29, 1.82) is 0 Å². The molecule has 2 atom stereocenters. The van der Waals surface area contributed by atoms with Crippen LogP contribution in [0.2, 0.25) is 0 Å². The van der Waals surface area contributed by atoms with Crippen molar-refractivity contribution in [2.24, 2.45) is 0 Å². The van der Waals surface area contributed by atoms with Crippen molar-refractivity contribution in [3.8, 4) is 11.5 Å². The Kier molecular flexibility index (Phi) is 3.72. The van der Waals surface area contributed by atoms with Crippen molar-refractivity contribution in [3.05, 3.63) is 41.5 Å². The zero-order valence-electron chi connectivity index (χ0n) is 12.3. The molecule has 0 fully saturated rings. The van der Waals surface area contributed by atoms with Crippen LogP contribution in [0.3, 0.4) is 0 Å². The van der Waals surface area contributed by atoms with Gasteiger partial charge in [-0.2, -0.15) is 0 Å². The molecule has 1 aliphatic heterocycles. The summed E-state index contributed by atoms with van der Waals surface area (Å²) in [6.07, 6.45) is 1.96. The molecule has 0 amide bonds. The molecule has 0 saturated carbocycles. The number of carboxylic acids is 1. The standard InChI is InChI=1S/C15H17N3O4/c1-21-8-3-4-9(12(5-8)22-2)13-14-10(16-7-17-14)6-11(18-13)15(19)20/h3-5,7,11,13,18H,6H2,1-2H3,(H,16,17)(H,19,20)/t11-,13+/m0/s1. The second-order valence-electron chi connectivity index (χ2n) is 5.07. The number of methoxy groups -OCH3 is 2. The molecule has 7 nitrogen and oxygen atoms in total. The van der Waals surface area contributed by atoms with Crippen LogP contribution in [0.15, 0.2) is 24.5 Å². The summed E-state index contributed by atoms with van der Waals surface area (Å²) < 4.78 is 10.6. The lowest BCUT2D eigenvalue weighted by Gasteiger charge is -2.29. The number of hydrogen-bond acceptors (Lipinski definition) is 5. The molecule has 1 aromatic carbocycles. The Labute approximate surface area is 127 Å². The number of aromatic amines is 1. The number of carboxylic acid groups (broad SMARTS) is 1. The molecule has 1 aliphatic rings. The average Bonchev–Trinajstić information content (AvgIpc) is 3.01. The molecule has 0 saturated heterocycles. The number of carbonyl (C=O) groups is 1. The predicted molar refractivity (Wildman–Crippen MR) is 78.2 cm³/mol. The van der Waals surface area contributed by atoms with Crippen LogP contribution in [-0.2, 0) is 11.2 Å². The summed E-state index contributed by atoms with van der Waals surface area (Å²) in [5.74, 6) is 0.406. The van der Waals surface area contributed by atoms with Gasteiger partial charge in [0.1, 0.15) is 17.5 Å². The van der Waals surface area contributed by atoms with Gasteiger partial charge in [-0.1, -0.05) is 0 Å². The summed E-state index contributed by atoms with van der Waals surface area (Å²) in [4.78, 5) is 18.7. The third-order valence-corrected chi connectivity index (χ3v) is 3.85. The monoisotopic (exact) mass is 303 g/mol. The second-order valence-corrected chi connectivity index (χ2v) is 5.07. The van der Waals surface area contributed by atoms with Gasteiger partial charge in [-0.15, -0.1) is 0 Å². The highest BCUT2D eigenvalue weighted by Gasteiger charge is 2.34. The van der Waals surface area contributed by atoms with E-state index in [9.17, 15) is 9.90 Å². The quantitative estimate of drug-likeness (QED) is 0.783. The number of fused-ring (bicyclic) bond motifs is 1. The first-order valence-corrected chi connectivity index (χ1v) is 6.87. The first-order valence-electron chi connectivity index (χ1n) is 6.87. The lowest BCUT2D eigenvalue weighted by molar-refractivity contribution is -0.139. The molecule has 1 aromatic heterocycles. The van der Waals surface area contributed by atoms with Gasteiger partial charge in [0.25, 0.3) is 0 Å². The molecule has 0 bridgehead atoms. The number of aliphatic carboxylic acids is 1. The lowest BCUT2D eigenvalue weighted by atomic mass is 9.93. The summed E-state index contributed by atoms with van der Waals surface area (Å²) >= 11 is 0. The van der Waals surface area contributed by atoms with Gasteiger partial charge in [0.05, 0.1) is 32.3 Å². The third-order valence-electron chi connectivity index (χ3n) is 3.85. The highest BCUT2D eigenvalue weighted by molar-refractivity contribution is 5.74. The molecule has 22 heavy (non-hydrogen) atoms. The van der Waals surface area contributed by atoms with Gasteiger partial charge < -0.3 is 19.6 Å². The van der Waals surface area contributed by atoms with E-state index in [1.165, 1.54) is 0 Å². The number of nitrogens with zero attached hydrogens (tertiary/aromatic N) is 1. The highest BCUT2D eigenvalue weighted by Crippen LogP contribution is 2.35. The fourth-order valence-corrected chi connectivity index (χ4v) is 2.74. The molecule has 2 heterocycles. The first kappa shape index (κ1) is 14.4. The summed E-state index contributed by atoms with van der Waals surface area (Å²) in [5.41, 5.74) is 2.44. The van der Waals surface area contributed by atoms with Crippen LogP contribution < -0.4 is 14.8 Å². The Morgan fingerprint density at radius 1 is 1.36 bits per heavy atom. The van der Waals surface area contributed by atoms with E-state index < -0.39 is 12.0 Å².